The van der Waals surface area contributed by atoms with E-state index in [4.69, 9.17) is 0 Å². The van der Waals surface area contributed by atoms with Crippen molar-refractivity contribution < 1.29 is 14.5 Å². The molecule has 3 rings (SSSR count). The van der Waals surface area contributed by atoms with E-state index >= 15 is 0 Å². The molecule has 2 aromatic heterocycles. The van der Waals surface area contributed by atoms with Gasteiger partial charge in [-0.25, -0.2) is 9.78 Å². The molecule has 8 heteroatoms. The number of rotatable bonds is 6. The van der Waals surface area contributed by atoms with Gasteiger partial charge in [0.25, 0.3) is 0 Å². The quantitative estimate of drug-likeness (QED) is 0.399. The number of ether oxygens (including phenoxy) is 1. The minimum absolute atomic E-state index is 0.0389. The van der Waals surface area contributed by atoms with E-state index in [1.54, 1.807) is 0 Å². The Morgan fingerprint density at radius 2 is 2.23 bits per heavy atom. The number of esters is 1. The first-order valence-electron chi connectivity index (χ1n) is 8.03. The Morgan fingerprint density at radius 1 is 1.42 bits per heavy atom. The summed E-state index contributed by atoms with van der Waals surface area (Å²) in [6, 6.07) is 7.21. The number of carbonyl (C=O) groups excluding carboxylic acids is 1. The number of carbonyl (C=O) groups is 1. The van der Waals surface area contributed by atoms with Crippen LogP contribution in [0.5, 0.6) is 0 Å². The summed E-state index contributed by atoms with van der Waals surface area (Å²) in [4.78, 5) is 29.4. The molecule has 0 radical (unpaired) electrons. The standard InChI is InChI=1S/C18H18N4O4/c1-11-4-3-5-14-16(11)12(9-20-14)6-7-19-17-15(22(24)25)8-13(10-21-17)18(23)26-2/h3-5,8-10,20H,6-7H2,1-2H3,(H,19,21). The molecule has 0 amide bonds. The molecule has 0 bridgehead atoms. The van der Waals surface area contributed by atoms with Crippen molar-refractivity contribution in [2.24, 2.45) is 0 Å². The number of nitro groups is 1. The predicted molar refractivity (Wildman–Crippen MR) is 97.5 cm³/mol. The molecule has 0 saturated carbocycles. The Morgan fingerprint density at radius 3 is 2.96 bits per heavy atom. The van der Waals surface area contributed by atoms with Crippen LogP contribution >= 0.6 is 0 Å². The van der Waals surface area contributed by atoms with Gasteiger partial charge in [-0.05, 0) is 30.5 Å². The number of nitrogens with one attached hydrogen (secondary N) is 2. The first kappa shape index (κ1) is 17.4. The maximum Gasteiger partial charge on any atom is 0.339 e. The highest BCUT2D eigenvalue weighted by atomic mass is 16.6. The number of fused-ring (bicyclic) bond motifs is 1. The molecule has 0 atom stereocenters. The summed E-state index contributed by atoms with van der Waals surface area (Å²) in [5.41, 5.74) is 3.14. The van der Waals surface area contributed by atoms with E-state index in [1.807, 2.05) is 31.3 Å². The summed E-state index contributed by atoms with van der Waals surface area (Å²) < 4.78 is 4.57. The van der Waals surface area contributed by atoms with Gasteiger partial charge < -0.3 is 15.0 Å². The molecule has 1 aromatic carbocycles. The lowest BCUT2D eigenvalue weighted by atomic mass is 10.1. The van der Waals surface area contributed by atoms with E-state index in [0.717, 1.165) is 22.5 Å². The van der Waals surface area contributed by atoms with Gasteiger partial charge in [-0.3, -0.25) is 10.1 Å². The molecule has 134 valence electrons. The summed E-state index contributed by atoms with van der Waals surface area (Å²) in [5, 5.41) is 15.4. The number of hydrogen-bond acceptors (Lipinski definition) is 6. The smallest absolute Gasteiger partial charge is 0.339 e. The van der Waals surface area contributed by atoms with Gasteiger partial charge in [0.2, 0.25) is 5.82 Å². The van der Waals surface area contributed by atoms with E-state index in [2.05, 4.69) is 20.0 Å². The van der Waals surface area contributed by atoms with Crippen LogP contribution in [0.3, 0.4) is 0 Å². The van der Waals surface area contributed by atoms with E-state index in [-0.39, 0.29) is 17.1 Å². The van der Waals surface area contributed by atoms with Crippen LogP contribution in [0.15, 0.2) is 36.7 Å². The highest BCUT2D eigenvalue weighted by molar-refractivity contribution is 5.90. The van der Waals surface area contributed by atoms with E-state index in [0.29, 0.717) is 13.0 Å². The van der Waals surface area contributed by atoms with E-state index in [9.17, 15) is 14.9 Å². The molecule has 8 nitrogen and oxygen atoms in total. The minimum Gasteiger partial charge on any atom is -0.465 e. The van der Waals surface area contributed by atoms with Gasteiger partial charge in [-0.15, -0.1) is 0 Å². The number of pyridine rings is 1. The fourth-order valence-corrected chi connectivity index (χ4v) is 2.92. The Bertz CT molecular complexity index is 980. The molecule has 0 spiro atoms. The Labute approximate surface area is 149 Å². The average molecular weight is 354 g/mol. The van der Waals surface area contributed by atoms with Crippen LogP contribution in [-0.4, -0.2) is 34.5 Å². The van der Waals surface area contributed by atoms with E-state index in [1.165, 1.54) is 18.9 Å². The molecule has 0 aliphatic rings. The molecule has 2 heterocycles. The molecule has 0 aliphatic carbocycles. The third-order valence-corrected chi connectivity index (χ3v) is 4.17. The summed E-state index contributed by atoms with van der Waals surface area (Å²) in [7, 11) is 1.21. The monoisotopic (exact) mass is 354 g/mol. The first-order valence-corrected chi connectivity index (χ1v) is 8.03. The first-order chi connectivity index (χ1) is 12.5. The van der Waals surface area contributed by atoms with Crippen LogP contribution in [-0.2, 0) is 11.2 Å². The maximum atomic E-state index is 11.5. The second kappa shape index (κ2) is 7.22. The summed E-state index contributed by atoms with van der Waals surface area (Å²) in [5.74, 6) is -0.541. The van der Waals surface area contributed by atoms with Crippen LogP contribution in [0.25, 0.3) is 10.9 Å². The van der Waals surface area contributed by atoms with Gasteiger partial charge in [0.1, 0.15) is 0 Å². The van der Waals surface area contributed by atoms with Gasteiger partial charge in [0, 0.05) is 35.9 Å². The molecular formula is C18H18N4O4. The van der Waals surface area contributed by atoms with Crippen molar-refractivity contribution in [1.82, 2.24) is 9.97 Å². The van der Waals surface area contributed by atoms with Crippen LogP contribution in [0.2, 0.25) is 0 Å². The normalized spacial score (nSPS) is 10.7. The zero-order valence-corrected chi connectivity index (χ0v) is 14.4. The lowest BCUT2D eigenvalue weighted by Gasteiger charge is -2.07. The largest absolute Gasteiger partial charge is 0.465 e. The van der Waals surface area contributed by atoms with Crippen LogP contribution < -0.4 is 5.32 Å². The third-order valence-electron chi connectivity index (χ3n) is 4.17. The lowest BCUT2D eigenvalue weighted by molar-refractivity contribution is -0.384. The molecule has 0 fully saturated rings. The van der Waals surface area contributed by atoms with Crippen molar-refractivity contribution in [3.05, 3.63) is 63.5 Å². The average Bonchev–Trinajstić information content (AvgIpc) is 3.05. The number of aromatic nitrogens is 2. The van der Waals surface area contributed by atoms with Gasteiger partial charge in [-0.1, -0.05) is 12.1 Å². The van der Waals surface area contributed by atoms with Gasteiger partial charge in [0.05, 0.1) is 17.6 Å². The van der Waals surface area contributed by atoms with Crippen molar-refractivity contribution in [1.29, 1.82) is 0 Å². The second-order valence-electron chi connectivity index (χ2n) is 5.83. The molecule has 2 N–H and O–H groups in total. The third kappa shape index (κ3) is 3.34. The molecule has 0 unspecified atom stereocenters. The highest BCUT2D eigenvalue weighted by Gasteiger charge is 2.19. The number of benzene rings is 1. The summed E-state index contributed by atoms with van der Waals surface area (Å²) in [6.45, 7) is 2.51. The van der Waals surface area contributed by atoms with Crippen molar-refractivity contribution in [2.75, 3.05) is 19.0 Å². The zero-order valence-electron chi connectivity index (χ0n) is 14.4. The van der Waals surface area contributed by atoms with Crippen molar-refractivity contribution in [2.45, 2.75) is 13.3 Å². The number of anilines is 1. The number of aryl methyl sites for hydroxylation is 1. The van der Waals surface area contributed by atoms with Crippen LogP contribution in [0.1, 0.15) is 21.5 Å². The molecule has 26 heavy (non-hydrogen) atoms. The SMILES string of the molecule is COC(=O)c1cnc(NCCc2c[nH]c3cccc(C)c23)c([N+](=O)[O-])c1. The number of H-pyrrole nitrogens is 1. The summed E-state index contributed by atoms with van der Waals surface area (Å²) >= 11 is 0. The molecule has 3 aromatic rings. The lowest BCUT2D eigenvalue weighted by Crippen LogP contribution is -2.10. The number of nitrogens with zero attached hydrogens (tertiary/aromatic N) is 2. The molecular weight excluding hydrogens is 336 g/mol. The fourth-order valence-electron chi connectivity index (χ4n) is 2.92. The zero-order chi connectivity index (χ0) is 18.7. The number of aromatic amines is 1. The van der Waals surface area contributed by atoms with Crippen molar-refractivity contribution >= 4 is 28.4 Å². The van der Waals surface area contributed by atoms with Crippen molar-refractivity contribution in [3.8, 4) is 0 Å². The topological polar surface area (TPSA) is 110 Å². The molecule has 0 aliphatic heterocycles. The Kier molecular flexibility index (Phi) is 4.83. The fraction of sp³-hybridized carbons (Fsp3) is 0.222. The van der Waals surface area contributed by atoms with E-state index < -0.39 is 10.9 Å². The van der Waals surface area contributed by atoms with Gasteiger partial charge in [0.15, 0.2) is 0 Å². The van der Waals surface area contributed by atoms with Gasteiger partial charge in [-0.2, -0.15) is 0 Å². The Hall–Kier alpha value is -3.42. The van der Waals surface area contributed by atoms with Gasteiger partial charge >= 0.3 is 11.7 Å². The van der Waals surface area contributed by atoms with Crippen LogP contribution in [0.4, 0.5) is 11.5 Å². The number of hydrogen-bond donors (Lipinski definition) is 2. The minimum atomic E-state index is -0.665. The summed E-state index contributed by atoms with van der Waals surface area (Å²) in [6.07, 6.45) is 3.88. The Balaban J connectivity index is 1.77. The molecule has 0 saturated heterocycles. The number of methoxy groups -OCH3 is 1. The second-order valence-corrected chi connectivity index (χ2v) is 5.83. The maximum absolute atomic E-state index is 11.5. The highest BCUT2D eigenvalue weighted by Crippen LogP contribution is 2.25. The van der Waals surface area contributed by atoms with Crippen molar-refractivity contribution in [3.63, 3.8) is 0 Å². The predicted octanol–water partition coefficient (Wildman–Crippen LogP) is 3.22. The van der Waals surface area contributed by atoms with Crippen LogP contribution in [0, 0.1) is 17.0 Å².